The van der Waals surface area contributed by atoms with Gasteiger partial charge in [-0.1, -0.05) is 38.4 Å². The molecule has 1 N–H and O–H groups in total. The second-order valence-electron chi connectivity index (χ2n) is 8.01. The molecule has 2 amide bonds. The van der Waals surface area contributed by atoms with Crippen molar-refractivity contribution in [3.63, 3.8) is 0 Å². The zero-order valence-corrected chi connectivity index (χ0v) is 17.2. The molecule has 7 nitrogen and oxygen atoms in total. The highest BCUT2D eigenvalue weighted by Crippen LogP contribution is 2.33. The first-order valence-corrected chi connectivity index (χ1v) is 9.66. The Hall–Kier alpha value is -2.93. The van der Waals surface area contributed by atoms with Crippen LogP contribution in [0.15, 0.2) is 36.4 Å². The molecule has 0 saturated carbocycles. The van der Waals surface area contributed by atoms with E-state index in [0.29, 0.717) is 34.9 Å². The van der Waals surface area contributed by atoms with Crippen LogP contribution >= 0.6 is 11.6 Å². The van der Waals surface area contributed by atoms with Crippen LogP contribution in [0.25, 0.3) is 0 Å². The molecule has 1 aliphatic rings. The molecular weight excluding hydrogens is 394 g/mol. The minimum Gasteiger partial charge on any atom is -0.322 e. The van der Waals surface area contributed by atoms with Crippen molar-refractivity contribution in [2.75, 3.05) is 16.8 Å². The van der Waals surface area contributed by atoms with Crippen molar-refractivity contribution in [2.24, 2.45) is 0 Å². The summed E-state index contributed by atoms with van der Waals surface area (Å²) in [5.41, 5.74) is 1.27. The normalized spacial score (nSPS) is 14.2. The minimum absolute atomic E-state index is 0.0231. The van der Waals surface area contributed by atoms with Crippen LogP contribution in [0.5, 0.6) is 0 Å². The SMILES string of the molecule is CC(C)(C)c1ccc(C(=O)Nc2ccc(N3CCCC3=O)c(Cl)c2)cc1[N+](=O)[O-]. The van der Waals surface area contributed by atoms with E-state index in [1.165, 1.54) is 6.07 Å². The Morgan fingerprint density at radius 3 is 2.48 bits per heavy atom. The third-order valence-electron chi connectivity index (χ3n) is 4.83. The summed E-state index contributed by atoms with van der Waals surface area (Å²) in [6.07, 6.45) is 1.29. The van der Waals surface area contributed by atoms with E-state index in [0.717, 1.165) is 6.42 Å². The Balaban J connectivity index is 1.83. The molecule has 8 heteroatoms. The lowest BCUT2D eigenvalue weighted by Crippen LogP contribution is -2.24. The molecule has 1 heterocycles. The monoisotopic (exact) mass is 415 g/mol. The summed E-state index contributed by atoms with van der Waals surface area (Å²) in [6.45, 7) is 6.26. The Morgan fingerprint density at radius 2 is 1.93 bits per heavy atom. The summed E-state index contributed by atoms with van der Waals surface area (Å²) in [7, 11) is 0. The number of nitro benzene ring substituents is 1. The van der Waals surface area contributed by atoms with Gasteiger partial charge in [0.25, 0.3) is 11.6 Å². The lowest BCUT2D eigenvalue weighted by Gasteiger charge is -2.19. The molecule has 2 aromatic carbocycles. The number of carbonyl (C=O) groups excluding carboxylic acids is 2. The molecule has 0 aliphatic carbocycles. The summed E-state index contributed by atoms with van der Waals surface area (Å²) < 4.78 is 0. The maximum atomic E-state index is 12.6. The second-order valence-corrected chi connectivity index (χ2v) is 8.42. The number of rotatable bonds is 4. The largest absolute Gasteiger partial charge is 0.322 e. The van der Waals surface area contributed by atoms with Crippen LogP contribution in [0.1, 0.15) is 49.5 Å². The fraction of sp³-hybridized carbons (Fsp3) is 0.333. The van der Waals surface area contributed by atoms with Crippen LogP contribution in [0.3, 0.4) is 0 Å². The molecule has 1 saturated heterocycles. The van der Waals surface area contributed by atoms with Crippen molar-refractivity contribution in [2.45, 2.75) is 39.0 Å². The van der Waals surface area contributed by atoms with Gasteiger partial charge >= 0.3 is 0 Å². The number of hydrogen-bond donors (Lipinski definition) is 1. The van der Waals surface area contributed by atoms with E-state index in [4.69, 9.17) is 11.6 Å². The van der Waals surface area contributed by atoms with E-state index in [1.807, 2.05) is 20.8 Å². The quantitative estimate of drug-likeness (QED) is 0.566. The Morgan fingerprint density at radius 1 is 1.21 bits per heavy atom. The van der Waals surface area contributed by atoms with Crippen molar-refractivity contribution in [1.82, 2.24) is 0 Å². The molecule has 0 unspecified atom stereocenters. The van der Waals surface area contributed by atoms with E-state index >= 15 is 0 Å². The van der Waals surface area contributed by atoms with E-state index in [9.17, 15) is 19.7 Å². The molecule has 152 valence electrons. The van der Waals surface area contributed by atoms with Crippen LogP contribution in [0.2, 0.25) is 5.02 Å². The highest BCUT2D eigenvalue weighted by Gasteiger charge is 2.26. The molecule has 2 aromatic rings. The first-order valence-electron chi connectivity index (χ1n) is 9.28. The van der Waals surface area contributed by atoms with Crippen LogP contribution in [0.4, 0.5) is 17.1 Å². The topological polar surface area (TPSA) is 92.6 Å². The van der Waals surface area contributed by atoms with Gasteiger partial charge in [0.2, 0.25) is 5.91 Å². The van der Waals surface area contributed by atoms with Crippen molar-refractivity contribution >= 4 is 40.5 Å². The van der Waals surface area contributed by atoms with E-state index in [2.05, 4.69) is 5.32 Å². The van der Waals surface area contributed by atoms with Crippen molar-refractivity contribution in [3.8, 4) is 0 Å². The maximum absolute atomic E-state index is 12.6. The van der Waals surface area contributed by atoms with Gasteiger partial charge in [-0.15, -0.1) is 0 Å². The third-order valence-corrected chi connectivity index (χ3v) is 5.14. The van der Waals surface area contributed by atoms with Gasteiger partial charge in [0.05, 0.1) is 15.6 Å². The van der Waals surface area contributed by atoms with Gasteiger partial charge in [-0.05, 0) is 36.1 Å². The predicted molar refractivity (Wildman–Crippen MR) is 113 cm³/mol. The van der Waals surface area contributed by atoms with Crippen molar-refractivity contribution < 1.29 is 14.5 Å². The molecule has 1 fully saturated rings. The highest BCUT2D eigenvalue weighted by molar-refractivity contribution is 6.34. The van der Waals surface area contributed by atoms with Gasteiger partial charge in [-0.2, -0.15) is 0 Å². The van der Waals surface area contributed by atoms with Gasteiger partial charge in [-0.25, -0.2) is 0 Å². The Bertz CT molecular complexity index is 998. The Labute approximate surface area is 173 Å². The van der Waals surface area contributed by atoms with E-state index in [1.54, 1.807) is 35.2 Å². The number of halogens is 1. The first-order chi connectivity index (χ1) is 13.6. The summed E-state index contributed by atoms with van der Waals surface area (Å²) in [4.78, 5) is 37.1. The van der Waals surface area contributed by atoms with Gasteiger partial charge in [0.15, 0.2) is 0 Å². The number of hydrogen-bond acceptors (Lipinski definition) is 4. The fourth-order valence-corrected chi connectivity index (χ4v) is 3.65. The van der Waals surface area contributed by atoms with Crippen LogP contribution < -0.4 is 10.2 Å². The number of anilines is 2. The van der Waals surface area contributed by atoms with Crippen LogP contribution in [-0.2, 0) is 10.2 Å². The lowest BCUT2D eigenvalue weighted by atomic mass is 9.85. The molecule has 29 heavy (non-hydrogen) atoms. The molecule has 0 bridgehead atoms. The molecule has 3 rings (SSSR count). The maximum Gasteiger partial charge on any atom is 0.273 e. The molecule has 0 aromatic heterocycles. The summed E-state index contributed by atoms with van der Waals surface area (Å²) in [6, 6.07) is 9.38. The highest BCUT2D eigenvalue weighted by atomic mass is 35.5. The summed E-state index contributed by atoms with van der Waals surface area (Å²) >= 11 is 6.31. The number of benzene rings is 2. The molecule has 0 spiro atoms. The van der Waals surface area contributed by atoms with E-state index in [-0.39, 0.29) is 17.2 Å². The zero-order valence-electron chi connectivity index (χ0n) is 16.5. The number of amides is 2. The number of carbonyl (C=O) groups is 2. The average molecular weight is 416 g/mol. The average Bonchev–Trinajstić information content (AvgIpc) is 3.06. The molecule has 0 atom stereocenters. The molecule has 1 aliphatic heterocycles. The summed E-state index contributed by atoms with van der Waals surface area (Å²) in [5.74, 6) is -0.454. The summed E-state index contributed by atoms with van der Waals surface area (Å²) in [5, 5.41) is 14.5. The van der Waals surface area contributed by atoms with Gasteiger partial charge < -0.3 is 10.2 Å². The van der Waals surface area contributed by atoms with Crippen LogP contribution in [-0.4, -0.2) is 23.3 Å². The standard InChI is InChI=1S/C21H22ClN3O4/c1-21(2,3)15-8-6-13(11-18(15)25(28)29)20(27)23-14-7-9-17(16(22)12-14)24-10-4-5-19(24)26/h6-9,11-12H,4-5,10H2,1-3H3,(H,23,27). The smallest absolute Gasteiger partial charge is 0.273 e. The Kier molecular flexibility index (Phi) is 5.61. The van der Waals surface area contributed by atoms with Gasteiger partial charge in [-0.3, -0.25) is 19.7 Å². The number of nitrogens with one attached hydrogen (secondary N) is 1. The van der Waals surface area contributed by atoms with Crippen molar-refractivity contribution in [1.29, 1.82) is 0 Å². The van der Waals surface area contributed by atoms with Crippen molar-refractivity contribution in [3.05, 3.63) is 62.7 Å². The third kappa shape index (κ3) is 4.40. The first kappa shape index (κ1) is 20.8. The predicted octanol–water partition coefficient (Wildman–Crippen LogP) is 4.92. The van der Waals surface area contributed by atoms with Gasteiger partial charge in [0, 0.05) is 35.8 Å². The van der Waals surface area contributed by atoms with Crippen LogP contribution in [0, 0.1) is 10.1 Å². The molecule has 0 radical (unpaired) electrons. The lowest BCUT2D eigenvalue weighted by molar-refractivity contribution is -0.386. The van der Waals surface area contributed by atoms with Gasteiger partial charge in [0.1, 0.15) is 0 Å². The molecular formula is C21H22ClN3O4. The second kappa shape index (κ2) is 7.83. The zero-order chi connectivity index (χ0) is 21.3. The number of nitro groups is 1. The fourth-order valence-electron chi connectivity index (χ4n) is 3.37. The minimum atomic E-state index is -0.477. The number of nitrogens with zero attached hydrogens (tertiary/aromatic N) is 2. The van der Waals surface area contributed by atoms with E-state index < -0.39 is 16.2 Å².